The van der Waals surface area contributed by atoms with Crippen LogP contribution in [0.25, 0.3) is 0 Å². The topological polar surface area (TPSA) is 55.0 Å². The summed E-state index contributed by atoms with van der Waals surface area (Å²) < 4.78 is 0. The van der Waals surface area contributed by atoms with Crippen molar-refractivity contribution in [1.29, 1.82) is 0 Å². The Hall–Kier alpha value is -1.94. The van der Waals surface area contributed by atoms with Crippen molar-refractivity contribution in [2.24, 2.45) is 0 Å². The fourth-order valence-corrected chi connectivity index (χ4v) is 2.00. The Balaban J connectivity index is 1.86. The van der Waals surface area contributed by atoms with Crippen LogP contribution < -0.4 is 5.73 Å². The smallest absolute Gasteiger partial charge is 0.144 e. The van der Waals surface area contributed by atoms with E-state index in [9.17, 15) is 0 Å². The minimum atomic E-state index is 0.525. The van der Waals surface area contributed by atoms with E-state index in [0.717, 1.165) is 25.3 Å². The van der Waals surface area contributed by atoms with E-state index in [2.05, 4.69) is 53.1 Å². The molecule has 4 nitrogen and oxygen atoms in total. The molecule has 0 saturated heterocycles. The number of aromatic nitrogens is 2. The lowest BCUT2D eigenvalue weighted by Crippen LogP contribution is -2.22. The summed E-state index contributed by atoms with van der Waals surface area (Å²) in [4.78, 5) is 10.6. The molecule has 19 heavy (non-hydrogen) atoms. The molecule has 0 fully saturated rings. The average Bonchev–Trinajstić information content (AvgIpc) is 2.36. The van der Waals surface area contributed by atoms with Crippen molar-refractivity contribution in [1.82, 2.24) is 14.9 Å². The third-order valence-corrected chi connectivity index (χ3v) is 3.00. The van der Waals surface area contributed by atoms with Gasteiger partial charge in [0, 0.05) is 12.7 Å². The second-order valence-electron chi connectivity index (χ2n) is 4.87. The zero-order valence-corrected chi connectivity index (χ0v) is 11.5. The predicted octanol–water partition coefficient (Wildman–Crippen LogP) is 2.04. The second kappa shape index (κ2) is 6.29. The molecule has 1 heterocycles. The third kappa shape index (κ3) is 4.34. The summed E-state index contributed by atoms with van der Waals surface area (Å²) in [5.41, 5.74) is 8.31. The van der Waals surface area contributed by atoms with Crippen molar-refractivity contribution in [3.63, 3.8) is 0 Å². The van der Waals surface area contributed by atoms with Crippen LogP contribution in [0.5, 0.6) is 0 Å². The van der Waals surface area contributed by atoms with E-state index in [1.54, 1.807) is 12.3 Å². The van der Waals surface area contributed by atoms with Crippen LogP contribution in [0.15, 0.2) is 36.5 Å². The molecule has 1 aromatic heterocycles. The van der Waals surface area contributed by atoms with E-state index in [1.807, 2.05) is 0 Å². The van der Waals surface area contributed by atoms with Gasteiger partial charge in [-0.05, 0) is 32.0 Å². The maximum atomic E-state index is 5.65. The monoisotopic (exact) mass is 256 g/mol. The van der Waals surface area contributed by atoms with Gasteiger partial charge in [-0.3, -0.25) is 4.90 Å². The zero-order chi connectivity index (χ0) is 13.7. The molecule has 1 aromatic carbocycles. The van der Waals surface area contributed by atoms with E-state index in [-0.39, 0.29) is 0 Å². The van der Waals surface area contributed by atoms with E-state index in [0.29, 0.717) is 5.82 Å². The van der Waals surface area contributed by atoms with Gasteiger partial charge in [0.15, 0.2) is 0 Å². The first-order valence-electron chi connectivity index (χ1n) is 6.45. The molecule has 100 valence electrons. The van der Waals surface area contributed by atoms with E-state index in [4.69, 9.17) is 5.73 Å². The van der Waals surface area contributed by atoms with Crippen molar-refractivity contribution in [2.75, 3.05) is 19.3 Å². The molecule has 0 amide bonds. The van der Waals surface area contributed by atoms with Crippen LogP contribution in [0.2, 0.25) is 0 Å². The van der Waals surface area contributed by atoms with Crippen molar-refractivity contribution in [3.8, 4) is 0 Å². The zero-order valence-electron chi connectivity index (χ0n) is 11.5. The van der Waals surface area contributed by atoms with E-state index in [1.165, 1.54) is 11.1 Å². The van der Waals surface area contributed by atoms with Crippen LogP contribution in [0, 0.1) is 6.92 Å². The van der Waals surface area contributed by atoms with Crippen LogP contribution >= 0.6 is 0 Å². The van der Waals surface area contributed by atoms with E-state index < -0.39 is 0 Å². The first kappa shape index (κ1) is 13.5. The standard InChI is InChI=1S/C15H20N4/c1-12-4-3-5-13(10-12)7-9-19(2)11-15-17-8-6-14(16)18-15/h3-6,8,10H,7,9,11H2,1-2H3,(H2,16,17,18). The summed E-state index contributed by atoms with van der Waals surface area (Å²) in [6, 6.07) is 10.3. The fraction of sp³-hybridized carbons (Fsp3) is 0.333. The lowest BCUT2D eigenvalue weighted by molar-refractivity contribution is 0.322. The summed E-state index contributed by atoms with van der Waals surface area (Å²) in [6.45, 7) is 3.81. The van der Waals surface area contributed by atoms with Crippen LogP contribution in [0.3, 0.4) is 0 Å². The molecule has 0 bridgehead atoms. The number of hydrogen-bond donors (Lipinski definition) is 1. The largest absolute Gasteiger partial charge is 0.384 e. The summed E-state index contributed by atoms with van der Waals surface area (Å²) in [5.74, 6) is 1.30. The lowest BCUT2D eigenvalue weighted by atomic mass is 10.1. The fourth-order valence-electron chi connectivity index (χ4n) is 2.00. The third-order valence-electron chi connectivity index (χ3n) is 3.00. The highest BCUT2D eigenvalue weighted by Crippen LogP contribution is 2.06. The molecular formula is C15H20N4. The number of aryl methyl sites for hydroxylation is 1. The lowest BCUT2D eigenvalue weighted by Gasteiger charge is -2.15. The Morgan fingerprint density at radius 2 is 2.11 bits per heavy atom. The quantitative estimate of drug-likeness (QED) is 0.889. The van der Waals surface area contributed by atoms with Crippen molar-refractivity contribution < 1.29 is 0 Å². The highest BCUT2D eigenvalue weighted by atomic mass is 15.1. The minimum Gasteiger partial charge on any atom is -0.384 e. The molecule has 0 atom stereocenters. The maximum Gasteiger partial charge on any atom is 0.144 e. The predicted molar refractivity (Wildman–Crippen MR) is 77.7 cm³/mol. The van der Waals surface area contributed by atoms with Crippen molar-refractivity contribution >= 4 is 5.82 Å². The Morgan fingerprint density at radius 1 is 1.26 bits per heavy atom. The number of nitrogens with zero attached hydrogens (tertiary/aromatic N) is 3. The molecule has 2 rings (SSSR count). The van der Waals surface area contributed by atoms with Gasteiger partial charge in [0.2, 0.25) is 0 Å². The second-order valence-corrected chi connectivity index (χ2v) is 4.87. The first-order valence-corrected chi connectivity index (χ1v) is 6.45. The maximum absolute atomic E-state index is 5.65. The summed E-state index contributed by atoms with van der Waals surface area (Å²) in [5, 5.41) is 0. The molecule has 0 unspecified atom stereocenters. The van der Waals surface area contributed by atoms with Gasteiger partial charge < -0.3 is 5.73 Å². The van der Waals surface area contributed by atoms with Gasteiger partial charge in [-0.15, -0.1) is 0 Å². The molecule has 0 radical (unpaired) electrons. The molecule has 0 aliphatic heterocycles. The molecule has 0 saturated carbocycles. The summed E-state index contributed by atoms with van der Waals surface area (Å²) in [6.07, 6.45) is 2.73. The van der Waals surface area contributed by atoms with Gasteiger partial charge in [0.25, 0.3) is 0 Å². The van der Waals surface area contributed by atoms with Gasteiger partial charge in [-0.25, -0.2) is 9.97 Å². The molecule has 2 aromatic rings. The van der Waals surface area contributed by atoms with E-state index >= 15 is 0 Å². The van der Waals surface area contributed by atoms with Crippen molar-refractivity contribution in [2.45, 2.75) is 19.9 Å². The molecule has 0 aliphatic carbocycles. The van der Waals surface area contributed by atoms with Gasteiger partial charge in [0.1, 0.15) is 11.6 Å². The molecule has 2 N–H and O–H groups in total. The Bertz CT molecular complexity index is 539. The molecular weight excluding hydrogens is 236 g/mol. The first-order chi connectivity index (χ1) is 9.13. The number of likely N-dealkylation sites (N-methyl/N-ethyl adjacent to an activating group) is 1. The van der Waals surface area contributed by atoms with Crippen LogP contribution in [-0.4, -0.2) is 28.5 Å². The number of nitrogens with two attached hydrogens (primary N) is 1. The highest BCUT2D eigenvalue weighted by molar-refractivity contribution is 5.25. The number of rotatable bonds is 5. The van der Waals surface area contributed by atoms with Crippen LogP contribution in [0.1, 0.15) is 17.0 Å². The van der Waals surface area contributed by atoms with Gasteiger partial charge >= 0.3 is 0 Å². The number of hydrogen-bond acceptors (Lipinski definition) is 4. The minimum absolute atomic E-state index is 0.525. The average molecular weight is 256 g/mol. The number of benzene rings is 1. The van der Waals surface area contributed by atoms with Crippen molar-refractivity contribution in [3.05, 3.63) is 53.5 Å². The van der Waals surface area contributed by atoms with Gasteiger partial charge in [0.05, 0.1) is 6.54 Å². The van der Waals surface area contributed by atoms with Gasteiger partial charge in [-0.1, -0.05) is 29.8 Å². The number of nitrogen functional groups attached to an aromatic ring is 1. The molecule has 0 spiro atoms. The summed E-state index contributed by atoms with van der Waals surface area (Å²) >= 11 is 0. The highest BCUT2D eigenvalue weighted by Gasteiger charge is 2.04. The SMILES string of the molecule is Cc1cccc(CCN(C)Cc2nccc(N)n2)c1. The molecule has 0 aliphatic rings. The molecule has 4 heteroatoms. The Kier molecular flexibility index (Phi) is 4.47. The van der Waals surface area contributed by atoms with Crippen LogP contribution in [-0.2, 0) is 13.0 Å². The van der Waals surface area contributed by atoms with Crippen LogP contribution in [0.4, 0.5) is 5.82 Å². The Labute approximate surface area is 114 Å². The van der Waals surface area contributed by atoms with Gasteiger partial charge in [-0.2, -0.15) is 0 Å². The Morgan fingerprint density at radius 3 is 2.84 bits per heavy atom. The number of anilines is 1. The normalized spacial score (nSPS) is 10.9. The summed E-state index contributed by atoms with van der Waals surface area (Å²) in [7, 11) is 2.07.